The van der Waals surface area contributed by atoms with Crippen molar-refractivity contribution in [1.29, 1.82) is 0 Å². The van der Waals surface area contributed by atoms with Crippen LogP contribution in [0.2, 0.25) is 0 Å². The van der Waals surface area contributed by atoms with Gasteiger partial charge in [0.05, 0.1) is 27.4 Å². The lowest BCUT2D eigenvalue weighted by Crippen LogP contribution is -1.99. The molecule has 21 heavy (non-hydrogen) atoms. The number of hydrogen-bond donors (Lipinski definition) is 1. The van der Waals surface area contributed by atoms with Crippen molar-refractivity contribution < 1.29 is 14.8 Å². The number of ether oxygens (including phenoxy) is 1. The molecule has 1 heterocycles. The number of halogens is 1. The van der Waals surface area contributed by atoms with Crippen LogP contribution in [0.25, 0.3) is 0 Å². The van der Waals surface area contributed by atoms with E-state index in [-0.39, 0.29) is 11.4 Å². The number of aliphatic hydroxyl groups is 1. The Morgan fingerprint density at radius 3 is 2.76 bits per heavy atom. The molecule has 0 spiro atoms. The summed E-state index contributed by atoms with van der Waals surface area (Å²) in [6.45, 7) is 1.85. The van der Waals surface area contributed by atoms with Crippen molar-refractivity contribution in [3.63, 3.8) is 0 Å². The van der Waals surface area contributed by atoms with Gasteiger partial charge >= 0.3 is 5.69 Å². The van der Waals surface area contributed by atoms with Gasteiger partial charge < -0.3 is 9.84 Å². The smallest absolute Gasteiger partial charge is 0.312 e. The molecule has 2 aromatic rings. The number of aromatic nitrogens is 1. The zero-order valence-corrected chi connectivity index (χ0v) is 12.8. The number of nitrogens with zero attached hydrogens (tertiary/aromatic N) is 2. The molecular weight excluding hydrogens is 340 g/mol. The number of nitro groups is 1. The van der Waals surface area contributed by atoms with Gasteiger partial charge in [-0.2, -0.15) is 0 Å². The molecule has 0 saturated carbocycles. The lowest BCUT2D eigenvalue weighted by molar-refractivity contribution is -0.385. The minimum atomic E-state index is -0.628. The Bertz CT molecular complexity index is 646. The Hall–Kier alpha value is -1.99. The fourth-order valence-corrected chi connectivity index (χ4v) is 2.16. The normalized spacial score (nSPS) is 12.0. The number of rotatable bonds is 5. The Balaban J connectivity index is 2.28. The second-order valence-corrected chi connectivity index (χ2v) is 5.14. The van der Waals surface area contributed by atoms with Gasteiger partial charge in [-0.3, -0.25) is 15.1 Å². The fraction of sp³-hybridized carbons (Fsp3) is 0.214. The third-order valence-electron chi connectivity index (χ3n) is 2.85. The zero-order chi connectivity index (χ0) is 15.4. The van der Waals surface area contributed by atoms with Crippen LogP contribution in [0.4, 0.5) is 5.69 Å². The second-order valence-electron chi connectivity index (χ2n) is 4.29. The van der Waals surface area contributed by atoms with E-state index in [9.17, 15) is 15.2 Å². The van der Waals surface area contributed by atoms with Gasteiger partial charge in [0, 0.05) is 6.07 Å². The first-order valence-corrected chi connectivity index (χ1v) is 7.07. The Morgan fingerprint density at radius 1 is 1.43 bits per heavy atom. The highest BCUT2D eigenvalue weighted by atomic mass is 79.9. The Labute approximate surface area is 129 Å². The largest absolute Gasteiger partial charge is 0.447 e. The van der Waals surface area contributed by atoms with Crippen LogP contribution in [0, 0.1) is 10.1 Å². The van der Waals surface area contributed by atoms with Crippen LogP contribution in [0.5, 0.6) is 11.5 Å². The van der Waals surface area contributed by atoms with E-state index < -0.39 is 11.0 Å². The average Bonchev–Trinajstić information content (AvgIpc) is 2.49. The summed E-state index contributed by atoms with van der Waals surface area (Å²) < 4.78 is 6.02. The molecule has 0 saturated heterocycles. The van der Waals surface area contributed by atoms with Crippen molar-refractivity contribution in [1.82, 2.24) is 4.98 Å². The van der Waals surface area contributed by atoms with Crippen LogP contribution >= 0.6 is 15.9 Å². The maximum atomic E-state index is 11.0. The SMILES string of the molecule is CC[C@H](O)c1ccc(Oc2c(Br)cccc2[N+](=O)[O-])cn1. The Kier molecular flexibility index (Phi) is 4.87. The average molecular weight is 353 g/mol. The molecule has 0 unspecified atom stereocenters. The molecule has 0 fully saturated rings. The third kappa shape index (κ3) is 3.56. The number of para-hydroxylation sites is 1. The summed E-state index contributed by atoms with van der Waals surface area (Å²) in [5.41, 5.74) is 0.397. The summed E-state index contributed by atoms with van der Waals surface area (Å²) in [5, 5.41) is 20.7. The fourth-order valence-electron chi connectivity index (χ4n) is 1.72. The highest BCUT2D eigenvalue weighted by molar-refractivity contribution is 9.10. The van der Waals surface area contributed by atoms with Crippen LogP contribution < -0.4 is 4.74 Å². The van der Waals surface area contributed by atoms with Crippen LogP contribution in [0.3, 0.4) is 0 Å². The molecule has 0 aliphatic carbocycles. The number of benzene rings is 1. The first-order valence-electron chi connectivity index (χ1n) is 6.27. The van der Waals surface area contributed by atoms with Gasteiger partial charge in [-0.15, -0.1) is 0 Å². The number of nitro benzene ring substituents is 1. The monoisotopic (exact) mass is 352 g/mol. The van der Waals surface area contributed by atoms with E-state index in [4.69, 9.17) is 4.74 Å². The minimum absolute atomic E-state index is 0.119. The van der Waals surface area contributed by atoms with Gasteiger partial charge in [0.25, 0.3) is 0 Å². The number of aliphatic hydroxyl groups excluding tert-OH is 1. The molecule has 2 rings (SSSR count). The highest BCUT2D eigenvalue weighted by Gasteiger charge is 2.19. The zero-order valence-electron chi connectivity index (χ0n) is 11.2. The van der Waals surface area contributed by atoms with Crippen molar-refractivity contribution in [2.24, 2.45) is 0 Å². The van der Waals surface area contributed by atoms with E-state index in [2.05, 4.69) is 20.9 Å². The van der Waals surface area contributed by atoms with Gasteiger partial charge in [-0.05, 0) is 40.5 Å². The van der Waals surface area contributed by atoms with Gasteiger partial charge in [-0.25, -0.2) is 0 Å². The van der Waals surface area contributed by atoms with Crippen molar-refractivity contribution >= 4 is 21.6 Å². The molecule has 1 atom stereocenters. The number of hydrogen-bond acceptors (Lipinski definition) is 5. The van der Waals surface area contributed by atoms with Crippen LogP contribution in [0.1, 0.15) is 25.1 Å². The van der Waals surface area contributed by atoms with E-state index in [1.807, 2.05) is 6.92 Å². The van der Waals surface area contributed by atoms with E-state index in [1.54, 1.807) is 24.3 Å². The van der Waals surface area contributed by atoms with Gasteiger partial charge in [0.1, 0.15) is 5.75 Å². The Morgan fingerprint density at radius 2 is 2.19 bits per heavy atom. The van der Waals surface area contributed by atoms with Crippen molar-refractivity contribution in [2.75, 3.05) is 0 Å². The predicted molar refractivity (Wildman–Crippen MR) is 80.4 cm³/mol. The lowest BCUT2D eigenvalue weighted by atomic mass is 10.2. The van der Waals surface area contributed by atoms with Crippen LogP contribution in [-0.4, -0.2) is 15.0 Å². The maximum Gasteiger partial charge on any atom is 0.312 e. The molecule has 6 nitrogen and oxygen atoms in total. The molecule has 0 radical (unpaired) electrons. The van der Waals surface area contributed by atoms with Crippen molar-refractivity contribution in [2.45, 2.75) is 19.4 Å². The van der Waals surface area contributed by atoms with E-state index in [1.165, 1.54) is 12.3 Å². The summed E-state index contributed by atoms with van der Waals surface area (Å²) in [6, 6.07) is 7.83. The highest BCUT2D eigenvalue weighted by Crippen LogP contribution is 2.37. The summed E-state index contributed by atoms with van der Waals surface area (Å²) in [5.74, 6) is 0.477. The lowest BCUT2D eigenvalue weighted by Gasteiger charge is -2.10. The summed E-state index contributed by atoms with van der Waals surface area (Å²) in [7, 11) is 0. The molecule has 0 amide bonds. The second kappa shape index (κ2) is 6.64. The summed E-state index contributed by atoms with van der Waals surface area (Å²) in [6.07, 6.45) is 1.36. The molecule has 1 aromatic carbocycles. The van der Waals surface area contributed by atoms with Gasteiger partial charge in [-0.1, -0.05) is 13.0 Å². The standard InChI is InChI=1S/C14H13BrN2O4/c1-2-13(18)11-7-6-9(8-16-11)21-14-10(15)4-3-5-12(14)17(19)20/h3-8,13,18H,2H2,1H3/t13-/m0/s1. The van der Waals surface area contributed by atoms with Crippen molar-refractivity contribution in [3.05, 3.63) is 56.8 Å². The maximum absolute atomic E-state index is 11.0. The van der Waals surface area contributed by atoms with Crippen molar-refractivity contribution in [3.8, 4) is 11.5 Å². The number of pyridine rings is 1. The first kappa shape index (κ1) is 15.4. The molecule has 0 bridgehead atoms. The van der Waals surface area contributed by atoms with E-state index >= 15 is 0 Å². The molecule has 0 aliphatic rings. The predicted octanol–water partition coefficient (Wildman–Crippen LogP) is 3.99. The molecule has 0 aliphatic heterocycles. The first-order chi connectivity index (χ1) is 10.0. The van der Waals surface area contributed by atoms with Gasteiger partial charge in [0.15, 0.2) is 0 Å². The van der Waals surface area contributed by atoms with Gasteiger partial charge in [0.2, 0.25) is 5.75 Å². The molecule has 110 valence electrons. The molecule has 7 heteroatoms. The summed E-state index contributed by atoms with van der Waals surface area (Å²) in [4.78, 5) is 14.6. The quantitative estimate of drug-likeness (QED) is 0.649. The van der Waals surface area contributed by atoms with E-state index in [0.717, 1.165) is 0 Å². The minimum Gasteiger partial charge on any atom is -0.447 e. The molecule has 1 N–H and O–H groups in total. The third-order valence-corrected chi connectivity index (χ3v) is 3.47. The van der Waals surface area contributed by atoms with Crippen LogP contribution in [-0.2, 0) is 0 Å². The summed E-state index contributed by atoms with van der Waals surface area (Å²) >= 11 is 3.23. The van der Waals surface area contributed by atoms with Crippen LogP contribution in [0.15, 0.2) is 41.0 Å². The van der Waals surface area contributed by atoms with E-state index in [0.29, 0.717) is 22.3 Å². The molecule has 1 aromatic heterocycles. The molecular formula is C14H13BrN2O4. The topological polar surface area (TPSA) is 85.5 Å².